The van der Waals surface area contributed by atoms with Crippen LogP contribution in [0, 0.1) is 11.3 Å². The van der Waals surface area contributed by atoms with Crippen molar-refractivity contribution < 1.29 is 5.11 Å². The first-order valence-electron chi connectivity index (χ1n) is 5.33. The molecule has 2 rings (SSSR count). The van der Waals surface area contributed by atoms with Gasteiger partial charge in [-0.25, -0.2) is 0 Å². The third kappa shape index (κ3) is 1.99. The van der Waals surface area contributed by atoms with E-state index in [2.05, 4.69) is 11.0 Å². The highest BCUT2D eigenvalue weighted by atomic mass is 35.5. The molecule has 0 bridgehead atoms. The molecule has 1 aromatic carbocycles. The summed E-state index contributed by atoms with van der Waals surface area (Å²) >= 11 is 5.85. The van der Waals surface area contributed by atoms with E-state index in [0.29, 0.717) is 10.6 Å². The molecular weight excluding hydrogens is 224 g/mol. The number of halogens is 1. The third-order valence-electron chi connectivity index (χ3n) is 2.98. The summed E-state index contributed by atoms with van der Waals surface area (Å²) in [5.74, 6) is 0. The molecule has 1 aliphatic heterocycles. The van der Waals surface area contributed by atoms with Crippen LogP contribution in [0.1, 0.15) is 18.4 Å². The maximum absolute atomic E-state index is 9.27. The van der Waals surface area contributed by atoms with Crippen LogP contribution in [0.5, 0.6) is 0 Å². The molecule has 1 N–H and O–H groups in total. The monoisotopic (exact) mass is 236 g/mol. The molecule has 0 amide bonds. The Hall–Kier alpha value is -1.24. The SMILES string of the molecule is N#Cc1cc(Cl)ccc1N1CCCC1CO. The Labute approximate surface area is 99.9 Å². The number of anilines is 1. The van der Waals surface area contributed by atoms with Crippen molar-refractivity contribution in [3.8, 4) is 6.07 Å². The maximum Gasteiger partial charge on any atom is 0.101 e. The molecule has 3 nitrogen and oxygen atoms in total. The Morgan fingerprint density at radius 2 is 2.38 bits per heavy atom. The van der Waals surface area contributed by atoms with Crippen molar-refractivity contribution in [2.45, 2.75) is 18.9 Å². The molecule has 4 heteroatoms. The van der Waals surface area contributed by atoms with Gasteiger partial charge in [-0.15, -0.1) is 0 Å². The normalized spacial score (nSPS) is 19.8. The molecule has 84 valence electrons. The van der Waals surface area contributed by atoms with E-state index in [1.165, 1.54) is 0 Å². The van der Waals surface area contributed by atoms with Gasteiger partial charge in [0.2, 0.25) is 0 Å². The molecule has 1 atom stereocenters. The molecule has 0 aromatic heterocycles. The quantitative estimate of drug-likeness (QED) is 0.856. The van der Waals surface area contributed by atoms with Gasteiger partial charge in [0.05, 0.1) is 23.9 Å². The van der Waals surface area contributed by atoms with Gasteiger partial charge in [0.15, 0.2) is 0 Å². The lowest BCUT2D eigenvalue weighted by atomic mass is 10.1. The van der Waals surface area contributed by atoms with Gasteiger partial charge in [0.1, 0.15) is 6.07 Å². The average Bonchev–Trinajstić information content (AvgIpc) is 2.76. The second-order valence-corrected chi connectivity index (χ2v) is 4.38. The van der Waals surface area contributed by atoms with Crippen molar-refractivity contribution >= 4 is 17.3 Å². The van der Waals surface area contributed by atoms with Crippen molar-refractivity contribution in [1.82, 2.24) is 0 Å². The molecule has 0 spiro atoms. The largest absolute Gasteiger partial charge is 0.394 e. The van der Waals surface area contributed by atoms with E-state index in [1.54, 1.807) is 12.1 Å². The van der Waals surface area contributed by atoms with Gasteiger partial charge in [0.25, 0.3) is 0 Å². The minimum atomic E-state index is 0.132. The molecule has 0 radical (unpaired) electrons. The summed E-state index contributed by atoms with van der Waals surface area (Å²) in [5.41, 5.74) is 1.45. The number of rotatable bonds is 2. The van der Waals surface area contributed by atoms with Crippen LogP contribution in [-0.2, 0) is 0 Å². The summed E-state index contributed by atoms with van der Waals surface area (Å²) < 4.78 is 0. The third-order valence-corrected chi connectivity index (χ3v) is 3.21. The lowest BCUT2D eigenvalue weighted by molar-refractivity contribution is 0.266. The molecule has 1 fully saturated rings. The van der Waals surface area contributed by atoms with Gasteiger partial charge in [-0.3, -0.25) is 0 Å². The van der Waals surface area contributed by atoms with Gasteiger partial charge < -0.3 is 10.0 Å². The summed E-state index contributed by atoms with van der Waals surface area (Å²) in [4.78, 5) is 2.09. The topological polar surface area (TPSA) is 47.3 Å². The van der Waals surface area contributed by atoms with Crippen LogP contribution in [0.15, 0.2) is 18.2 Å². The molecule has 1 saturated heterocycles. The first-order chi connectivity index (χ1) is 7.76. The average molecular weight is 237 g/mol. The maximum atomic E-state index is 9.27. The second kappa shape index (κ2) is 4.73. The summed E-state index contributed by atoms with van der Waals surface area (Å²) in [5, 5.41) is 18.9. The standard InChI is InChI=1S/C12H13ClN2O/c13-10-3-4-12(9(6-10)7-14)15-5-1-2-11(15)8-16/h3-4,6,11,16H,1-2,5,8H2. The molecule has 0 saturated carbocycles. The van der Waals surface area contributed by atoms with Crippen molar-refractivity contribution in [2.24, 2.45) is 0 Å². The van der Waals surface area contributed by atoms with E-state index in [0.717, 1.165) is 25.1 Å². The first-order valence-corrected chi connectivity index (χ1v) is 5.71. The van der Waals surface area contributed by atoms with E-state index >= 15 is 0 Å². The number of hydrogen-bond donors (Lipinski definition) is 1. The molecule has 1 aliphatic rings. The highest BCUT2D eigenvalue weighted by Crippen LogP contribution is 2.29. The number of benzene rings is 1. The van der Waals surface area contributed by atoms with E-state index in [4.69, 9.17) is 16.9 Å². The Morgan fingerprint density at radius 1 is 1.56 bits per heavy atom. The smallest absolute Gasteiger partial charge is 0.101 e. The van der Waals surface area contributed by atoms with E-state index in [1.807, 2.05) is 6.07 Å². The zero-order valence-electron chi connectivity index (χ0n) is 8.86. The molecule has 0 aliphatic carbocycles. The molecule has 1 heterocycles. The highest BCUT2D eigenvalue weighted by Gasteiger charge is 2.25. The van der Waals surface area contributed by atoms with Crippen molar-refractivity contribution in [2.75, 3.05) is 18.1 Å². The zero-order valence-corrected chi connectivity index (χ0v) is 9.61. The fourth-order valence-corrected chi connectivity index (χ4v) is 2.36. The van der Waals surface area contributed by atoms with E-state index < -0.39 is 0 Å². The van der Waals surface area contributed by atoms with E-state index in [-0.39, 0.29) is 12.6 Å². The number of hydrogen-bond acceptors (Lipinski definition) is 3. The fourth-order valence-electron chi connectivity index (χ4n) is 2.19. The highest BCUT2D eigenvalue weighted by molar-refractivity contribution is 6.30. The van der Waals surface area contributed by atoms with Crippen LogP contribution in [0.3, 0.4) is 0 Å². The van der Waals surface area contributed by atoms with Gasteiger partial charge in [-0.2, -0.15) is 5.26 Å². The molecule has 1 aromatic rings. The summed E-state index contributed by atoms with van der Waals surface area (Å²) in [6, 6.07) is 7.59. The van der Waals surface area contributed by atoms with E-state index in [9.17, 15) is 5.11 Å². The predicted molar refractivity (Wildman–Crippen MR) is 63.6 cm³/mol. The van der Waals surface area contributed by atoms with Crippen molar-refractivity contribution in [3.63, 3.8) is 0 Å². The lowest BCUT2D eigenvalue weighted by Gasteiger charge is -2.26. The van der Waals surface area contributed by atoms with Crippen molar-refractivity contribution in [1.29, 1.82) is 5.26 Å². The summed E-state index contributed by atoms with van der Waals surface area (Å²) in [6.07, 6.45) is 2.03. The van der Waals surface area contributed by atoms with Crippen LogP contribution < -0.4 is 4.90 Å². The minimum Gasteiger partial charge on any atom is -0.394 e. The molecule has 1 unspecified atom stereocenters. The number of nitriles is 1. The van der Waals surface area contributed by atoms with Crippen LogP contribution in [0.2, 0.25) is 5.02 Å². The van der Waals surface area contributed by atoms with Gasteiger partial charge >= 0.3 is 0 Å². The first kappa shape index (κ1) is 11.3. The fraction of sp³-hybridized carbons (Fsp3) is 0.417. The Morgan fingerprint density at radius 3 is 3.06 bits per heavy atom. The Balaban J connectivity index is 2.36. The predicted octanol–water partition coefficient (Wildman–Crippen LogP) is 2.17. The molecular formula is C12H13ClN2O. The van der Waals surface area contributed by atoms with Gasteiger partial charge in [-0.05, 0) is 31.0 Å². The van der Waals surface area contributed by atoms with Crippen LogP contribution in [0.4, 0.5) is 5.69 Å². The summed E-state index contributed by atoms with van der Waals surface area (Å²) in [7, 11) is 0. The number of nitrogens with zero attached hydrogens (tertiary/aromatic N) is 2. The zero-order chi connectivity index (χ0) is 11.5. The Bertz CT molecular complexity index is 428. The van der Waals surface area contributed by atoms with Crippen LogP contribution >= 0.6 is 11.6 Å². The summed E-state index contributed by atoms with van der Waals surface area (Å²) in [6.45, 7) is 1.02. The number of aliphatic hydroxyl groups is 1. The van der Waals surface area contributed by atoms with Gasteiger partial charge in [-0.1, -0.05) is 11.6 Å². The lowest BCUT2D eigenvalue weighted by Crippen LogP contribution is -2.32. The van der Waals surface area contributed by atoms with Crippen molar-refractivity contribution in [3.05, 3.63) is 28.8 Å². The van der Waals surface area contributed by atoms with Crippen LogP contribution in [0.25, 0.3) is 0 Å². The van der Waals surface area contributed by atoms with Gasteiger partial charge in [0, 0.05) is 11.6 Å². The minimum absolute atomic E-state index is 0.132. The number of aliphatic hydroxyl groups excluding tert-OH is 1. The Kier molecular flexibility index (Phi) is 3.33. The second-order valence-electron chi connectivity index (χ2n) is 3.95. The molecule has 16 heavy (non-hydrogen) atoms. The van der Waals surface area contributed by atoms with Crippen LogP contribution in [-0.4, -0.2) is 24.3 Å².